The maximum absolute atomic E-state index is 14.6. The maximum Gasteiger partial charge on any atom is 0.266 e. The van der Waals surface area contributed by atoms with Crippen LogP contribution in [0.1, 0.15) is 25.7 Å². The number of nitrogens with zero attached hydrogens (tertiary/aromatic N) is 2. The number of halogens is 2. The molecule has 10 heteroatoms. The molecule has 1 fully saturated rings. The van der Waals surface area contributed by atoms with E-state index >= 15 is 0 Å². The first kappa shape index (κ1) is 20.3. The minimum absolute atomic E-state index is 0.126. The highest BCUT2D eigenvalue weighted by atomic mass is 35.5. The van der Waals surface area contributed by atoms with Gasteiger partial charge in [-0.15, -0.1) is 11.3 Å². The Hall–Kier alpha value is -1.42. The summed E-state index contributed by atoms with van der Waals surface area (Å²) < 4.78 is 41.8. The lowest BCUT2D eigenvalue weighted by Gasteiger charge is -2.37. The van der Waals surface area contributed by atoms with Crippen LogP contribution in [0.15, 0.2) is 28.6 Å². The molecule has 1 aromatic carbocycles. The summed E-state index contributed by atoms with van der Waals surface area (Å²) in [4.78, 5) is 5.51. The van der Waals surface area contributed by atoms with E-state index < -0.39 is 20.7 Å². The number of hydrogen-bond donors (Lipinski definition) is 2. The second kappa shape index (κ2) is 8.30. The molecular formula is C17H22ClFN4O2S2. The van der Waals surface area contributed by atoms with Crippen LogP contribution in [0.25, 0.3) is 0 Å². The fourth-order valence-corrected chi connectivity index (χ4v) is 5.54. The topological polar surface area (TPSA) is 74.3 Å². The van der Waals surface area contributed by atoms with Crippen LogP contribution in [0.2, 0.25) is 5.02 Å². The van der Waals surface area contributed by atoms with Crippen LogP contribution in [0, 0.1) is 5.82 Å². The highest BCUT2D eigenvalue weighted by molar-refractivity contribution is 7.93. The summed E-state index contributed by atoms with van der Waals surface area (Å²) in [5.41, 5.74) is 0.404. The van der Waals surface area contributed by atoms with Crippen molar-refractivity contribution in [1.29, 1.82) is 0 Å². The Morgan fingerprint density at radius 1 is 1.30 bits per heavy atom. The summed E-state index contributed by atoms with van der Waals surface area (Å²) in [5.74, 6) is -0.858. The van der Waals surface area contributed by atoms with Crippen LogP contribution in [0.3, 0.4) is 0 Å². The van der Waals surface area contributed by atoms with E-state index in [2.05, 4.69) is 19.9 Å². The predicted molar refractivity (Wildman–Crippen MR) is 108 cm³/mol. The lowest BCUT2D eigenvalue weighted by Crippen LogP contribution is -2.45. The van der Waals surface area contributed by atoms with Gasteiger partial charge < -0.3 is 10.2 Å². The van der Waals surface area contributed by atoms with Crippen molar-refractivity contribution in [3.8, 4) is 0 Å². The standard InChI is InChI=1S/C17H22ClFN4O2S2/c1-23(2)15-6-4-3-5-13(15)21-14-10-12(19)16(9-11(14)18)27(24,25)22-17-20-7-8-26-17/h7-10,13,15,21H,3-6H2,1-2H3,(H,20,22)/t13-,15-/m0/s1. The molecule has 2 N–H and O–H groups in total. The highest BCUT2D eigenvalue weighted by Crippen LogP contribution is 2.32. The van der Waals surface area contributed by atoms with E-state index in [0.717, 1.165) is 49.2 Å². The molecule has 1 aliphatic rings. The van der Waals surface area contributed by atoms with Gasteiger partial charge in [0.25, 0.3) is 10.0 Å². The number of rotatable bonds is 6. The molecule has 0 radical (unpaired) electrons. The highest BCUT2D eigenvalue weighted by Gasteiger charge is 2.28. The number of likely N-dealkylation sites (N-methyl/N-ethyl adjacent to an activating group) is 1. The first-order valence-corrected chi connectivity index (χ1v) is 11.4. The fraction of sp³-hybridized carbons (Fsp3) is 0.471. The van der Waals surface area contributed by atoms with E-state index in [1.54, 1.807) is 5.38 Å². The summed E-state index contributed by atoms with van der Waals surface area (Å²) >= 11 is 7.40. The van der Waals surface area contributed by atoms with Crippen LogP contribution < -0.4 is 10.0 Å². The Bertz CT molecular complexity index is 891. The van der Waals surface area contributed by atoms with Crippen LogP contribution >= 0.6 is 22.9 Å². The fourth-order valence-electron chi connectivity index (χ4n) is 3.39. The molecule has 6 nitrogen and oxygen atoms in total. The number of thiazole rings is 1. The molecule has 1 heterocycles. The van der Waals surface area contributed by atoms with Gasteiger partial charge in [-0.2, -0.15) is 0 Å². The van der Waals surface area contributed by atoms with Crippen molar-refractivity contribution in [2.45, 2.75) is 42.7 Å². The van der Waals surface area contributed by atoms with Gasteiger partial charge in [0, 0.05) is 23.7 Å². The summed E-state index contributed by atoms with van der Waals surface area (Å²) in [6.45, 7) is 0. The molecule has 2 atom stereocenters. The SMILES string of the molecule is CN(C)[C@H]1CCCC[C@@H]1Nc1cc(F)c(S(=O)(=O)Nc2nccs2)cc1Cl. The largest absolute Gasteiger partial charge is 0.379 e. The molecule has 0 unspecified atom stereocenters. The molecule has 0 aliphatic heterocycles. The zero-order chi connectivity index (χ0) is 19.6. The van der Waals surface area contributed by atoms with Gasteiger partial charge in [0.05, 0.1) is 10.7 Å². The van der Waals surface area contributed by atoms with Gasteiger partial charge in [-0.25, -0.2) is 17.8 Å². The van der Waals surface area contributed by atoms with Crippen LogP contribution in [0.4, 0.5) is 15.2 Å². The van der Waals surface area contributed by atoms with Gasteiger partial charge in [0.1, 0.15) is 10.7 Å². The third kappa shape index (κ3) is 4.71. The minimum Gasteiger partial charge on any atom is -0.379 e. The van der Waals surface area contributed by atoms with E-state index in [1.165, 1.54) is 6.20 Å². The van der Waals surface area contributed by atoms with Crippen LogP contribution in [-0.2, 0) is 10.0 Å². The molecule has 1 aromatic heterocycles. The molecule has 1 aliphatic carbocycles. The maximum atomic E-state index is 14.6. The average Bonchev–Trinajstić information content (AvgIpc) is 3.10. The van der Waals surface area contributed by atoms with E-state index in [4.69, 9.17) is 11.6 Å². The normalized spacial score (nSPS) is 20.6. The smallest absolute Gasteiger partial charge is 0.266 e. The van der Waals surface area contributed by atoms with E-state index in [0.29, 0.717) is 11.7 Å². The van der Waals surface area contributed by atoms with Gasteiger partial charge in [0.2, 0.25) is 0 Å². The van der Waals surface area contributed by atoms with Crippen molar-refractivity contribution in [3.63, 3.8) is 0 Å². The molecule has 148 valence electrons. The Morgan fingerprint density at radius 3 is 2.70 bits per heavy atom. The van der Waals surface area contributed by atoms with Crippen molar-refractivity contribution < 1.29 is 12.8 Å². The molecule has 2 aromatic rings. The van der Waals surface area contributed by atoms with Crippen molar-refractivity contribution in [3.05, 3.63) is 34.5 Å². The molecule has 0 spiro atoms. The number of nitrogens with one attached hydrogen (secondary N) is 2. The number of benzene rings is 1. The van der Waals surface area contributed by atoms with E-state index in [1.807, 2.05) is 14.1 Å². The molecule has 0 amide bonds. The second-order valence-electron chi connectivity index (χ2n) is 6.77. The quantitative estimate of drug-likeness (QED) is 0.721. The molecule has 0 bridgehead atoms. The Labute approximate surface area is 167 Å². The minimum atomic E-state index is -4.11. The lowest BCUT2D eigenvalue weighted by atomic mass is 9.89. The van der Waals surface area contributed by atoms with Crippen molar-refractivity contribution >= 4 is 43.8 Å². The average molecular weight is 433 g/mol. The Kier molecular flexibility index (Phi) is 6.25. The first-order valence-electron chi connectivity index (χ1n) is 8.62. The molecule has 0 saturated heterocycles. The monoisotopic (exact) mass is 432 g/mol. The van der Waals surface area contributed by atoms with Crippen molar-refractivity contribution in [2.24, 2.45) is 0 Å². The first-order chi connectivity index (χ1) is 12.8. The van der Waals surface area contributed by atoms with Gasteiger partial charge >= 0.3 is 0 Å². The second-order valence-corrected chi connectivity index (χ2v) is 9.72. The van der Waals surface area contributed by atoms with Gasteiger partial charge in [0.15, 0.2) is 5.13 Å². The number of anilines is 2. The van der Waals surface area contributed by atoms with Crippen molar-refractivity contribution in [1.82, 2.24) is 9.88 Å². The Morgan fingerprint density at radius 2 is 2.04 bits per heavy atom. The van der Waals surface area contributed by atoms with Gasteiger partial charge in [-0.1, -0.05) is 24.4 Å². The third-order valence-corrected chi connectivity index (χ3v) is 7.18. The summed E-state index contributed by atoms with van der Waals surface area (Å²) in [6.07, 6.45) is 5.71. The summed E-state index contributed by atoms with van der Waals surface area (Å²) in [7, 11) is -0.0667. The number of hydrogen-bond acceptors (Lipinski definition) is 6. The zero-order valence-corrected chi connectivity index (χ0v) is 17.5. The summed E-state index contributed by atoms with van der Waals surface area (Å²) in [6, 6.07) is 2.73. The molecule has 1 saturated carbocycles. The number of sulfonamides is 1. The van der Waals surface area contributed by atoms with Gasteiger partial charge in [-0.3, -0.25) is 4.72 Å². The van der Waals surface area contributed by atoms with Crippen LogP contribution in [0.5, 0.6) is 0 Å². The van der Waals surface area contributed by atoms with Gasteiger partial charge in [-0.05, 0) is 39.1 Å². The lowest BCUT2D eigenvalue weighted by molar-refractivity contribution is 0.211. The van der Waals surface area contributed by atoms with Crippen molar-refractivity contribution in [2.75, 3.05) is 24.1 Å². The predicted octanol–water partition coefficient (Wildman–Crippen LogP) is 4.02. The van der Waals surface area contributed by atoms with Crippen LogP contribution in [-0.4, -0.2) is 44.5 Å². The molecular weight excluding hydrogens is 411 g/mol. The molecule has 27 heavy (non-hydrogen) atoms. The molecule has 3 rings (SSSR count). The third-order valence-electron chi connectivity index (χ3n) is 4.70. The summed E-state index contributed by atoms with van der Waals surface area (Å²) in [5, 5.41) is 5.27. The van der Waals surface area contributed by atoms with E-state index in [9.17, 15) is 12.8 Å². The Balaban J connectivity index is 1.84. The number of aromatic nitrogens is 1. The van der Waals surface area contributed by atoms with E-state index in [-0.39, 0.29) is 16.2 Å². The zero-order valence-electron chi connectivity index (χ0n) is 15.1.